The van der Waals surface area contributed by atoms with E-state index in [1.165, 1.54) is 0 Å². The van der Waals surface area contributed by atoms with Crippen molar-refractivity contribution in [2.45, 2.75) is 6.42 Å². The van der Waals surface area contributed by atoms with Gasteiger partial charge in [0.2, 0.25) is 0 Å². The maximum atomic E-state index is 12.4. The van der Waals surface area contributed by atoms with Crippen LogP contribution in [0.2, 0.25) is 10.0 Å². The summed E-state index contributed by atoms with van der Waals surface area (Å²) in [6, 6.07) is 9.97. The number of fused-ring (bicyclic) bond motifs is 1. The van der Waals surface area contributed by atoms with Crippen molar-refractivity contribution < 1.29 is 14.3 Å². The molecule has 1 amide bonds. The van der Waals surface area contributed by atoms with Crippen LogP contribution in [0.3, 0.4) is 0 Å². The van der Waals surface area contributed by atoms with Crippen LogP contribution in [0.5, 0.6) is 5.75 Å². The molecule has 0 radical (unpaired) electrons. The highest BCUT2D eigenvalue weighted by Crippen LogP contribution is 2.29. The highest BCUT2D eigenvalue weighted by Gasteiger charge is 2.18. The van der Waals surface area contributed by atoms with Crippen LogP contribution in [0.4, 0.5) is 5.69 Å². The number of hydrogen-bond donors (Lipinski definition) is 1. The summed E-state index contributed by atoms with van der Waals surface area (Å²) in [7, 11) is 0. The third-order valence-electron chi connectivity index (χ3n) is 3.30. The third-order valence-corrected chi connectivity index (χ3v) is 3.89. The van der Waals surface area contributed by atoms with Gasteiger partial charge in [0.1, 0.15) is 5.75 Å². The van der Waals surface area contributed by atoms with Gasteiger partial charge in [-0.2, -0.15) is 0 Å². The van der Waals surface area contributed by atoms with Gasteiger partial charge in [0.25, 0.3) is 5.91 Å². The number of hydrogen-bond acceptors (Lipinski definition) is 3. The van der Waals surface area contributed by atoms with Gasteiger partial charge in [-0.25, -0.2) is 0 Å². The number of nitrogens with one attached hydrogen (secondary N) is 1. The minimum Gasteiger partial charge on any atom is -0.482 e. The van der Waals surface area contributed by atoms with E-state index < -0.39 is 0 Å². The second-order valence-corrected chi connectivity index (χ2v) is 5.73. The van der Waals surface area contributed by atoms with Crippen molar-refractivity contribution in [2.24, 2.45) is 0 Å². The lowest BCUT2D eigenvalue weighted by Crippen LogP contribution is -2.25. The fourth-order valence-corrected chi connectivity index (χ4v) is 2.67. The number of rotatable bonds is 3. The van der Waals surface area contributed by atoms with E-state index in [0.717, 1.165) is 0 Å². The summed E-state index contributed by atoms with van der Waals surface area (Å²) in [6.45, 7) is -0.0132. The van der Waals surface area contributed by atoms with Crippen LogP contribution in [0.15, 0.2) is 36.4 Å². The molecule has 0 unspecified atom stereocenters. The zero-order chi connectivity index (χ0) is 15.7. The van der Waals surface area contributed by atoms with E-state index in [2.05, 4.69) is 5.32 Å². The van der Waals surface area contributed by atoms with E-state index in [1.807, 2.05) is 0 Å². The molecule has 6 heteroatoms. The lowest BCUT2D eigenvalue weighted by atomic mass is 10.0. The van der Waals surface area contributed by atoms with Crippen molar-refractivity contribution in [1.82, 2.24) is 0 Å². The van der Waals surface area contributed by atoms with Gasteiger partial charge in [-0.1, -0.05) is 29.3 Å². The number of amides is 1. The summed E-state index contributed by atoms with van der Waals surface area (Å²) in [5, 5.41) is 3.66. The highest BCUT2D eigenvalue weighted by atomic mass is 35.5. The Morgan fingerprint density at radius 2 is 2.00 bits per heavy atom. The van der Waals surface area contributed by atoms with Crippen molar-refractivity contribution in [1.29, 1.82) is 0 Å². The number of Topliss-reactive ketones (excluding diaryl/α,β-unsaturated/α-hetero) is 1. The van der Waals surface area contributed by atoms with Gasteiger partial charge in [0, 0.05) is 22.0 Å². The van der Waals surface area contributed by atoms with Crippen LogP contribution < -0.4 is 10.1 Å². The standard InChI is InChI=1S/C16H11Cl2NO3/c17-11-3-1-9(12(18)7-11)6-14(20)10-2-4-15-13(5-10)19-16(21)8-22-15/h1-5,7H,6,8H2,(H,19,21). The van der Waals surface area contributed by atoms with Gasteiger partial charge in [-0.15, -0.1) is 0 Å². The molecular weight excluding hydrogens is 325 g/mol. The molecule has 0 aromatic heterocycles. The molecule has 0 saturated carbocycles. The second-order valence-electron chi connectivity index (χ2n) is 4.88. The van der Waals surface area contributed by atoms with Gasteiger partial charge < -0.3 is 10.1 Å². The number of anilines is 1. The second kappa shape index (κ2) is 5.99. The molecule has 0 atom stereocenters. The number of benzene rings is 2. The molecule has 2 aromatic rings. The van der Waals surface area contributed by atoms with E-state index >= 15 is 0 Å². The number of carbonyl (C=O) groups is 2. The van der Waals surface area contributed by atoms with E-state index in [4.69, 9.17) is 27.9 Å². The predicted octanol–water partition coefficient (Wildman–Crippen LogP) is 3.75. The normalized spacial score (nSPS) is 13.1. The summed E-state index contributed by atoms with van der Waals surface area (Å²) in [6.07, 6.45) is 0.156. The van der Waals surface area contributed by atoms with E-state index in [-0.39, 0.29) is 24.7 Å². The molecule has 22 heavy (non-hydrogen) atoms. The monoisotopic (exact) mass is 335 g/mol. The molecule has 0 saturated heterocycles. The summed E-state index contributed by atoms with van der Waals surface area (Å²) in [5.74, 6) is 0.213. The molecule has 112 valence electrons. The molecule has 1 aliphatic heterocycles. The molecule has 1 aliphatic rings. The summed E-state index contributed by atoms with van der Waals surface area (Å²) >= 11 is 11.9. The van der Waals surface area contributed by atoms with E-state index in [9.17, 15) is 9.59 Å². The Balaban J connectivity index is 1.83. The van der Waals surface area contributed by atoms with Gasteiger partial charge in [-0.05, 0) is 35.9 Å². The number of halogens is 2. The molecule has 2 aromatic carbocycles. The molecular formula is C16H11Cl2NO3. The highest BCUT2D eigenvalue weighted by molar-refractivity contribution is 6.35. The first-order valence-corrected chi connectivity index (χ1v) is 7.32. The van der Waals surface area contributed by atoms with Crippen molar-refractivity contribution >= 4 is 40.6 Å². The summed E-state index contributed by atoms with van der Waals surface area (Å²) in [4.78, 5) is 23.7. The number of ether oxygens (including phenoxy) is 1. The van der Waals surface area contributed by atoms with E-state index in [1.54, 1.807) is 36.4 Å². The van der Waals surface area contributed by atoms with Crippen molar-refractivity contribution in [3.63, 3.8) is 0 Å². The minimum absolute atomic E-state index is 0.0132. The maximum Gasteiger partial charge on any atom is 0.262 e. The van der Waals surface area contributed by atoms with Crippen LogP contribution in [0.25, 0.3) is 0 Å². The van der Waals surface area contributed by atoms with Gasteiger partial charge in [0.15, 0.2) is 12.4 Å². The fourth-order valence-electron chi connectivity index (χ4n) is 2.20. The average Bonchev–Trinajstić information content (AvgIpc) is 2.49. The molecule has 0 fully saturated rings. The Labute approximate surface area is 137 Å². The lowest BCUT2D eigenvalue weighted by Gasteiger charge is -2.18. The first kappa shape index (κ1) is 14.9. The van der Waals surface area contributed by atoms with Crippen LogP contribution in [-0.2, 0) is 11.2 Å². The topological polar surface area (TPSA) is 55.4 Å². The van der Waals surface area contributed by atoms with Crippen LogP contribution in [-0.4, -0.2) is 18.3 Å². The van der Waals surface area contributed by atoms with Gasteiger partial charge in [0.05, 0.1) is 5.69 Å². The smallest absolute Gasteiger partial charge is 0.262 e. The molecule has 0 bridgehead atoms. The summed E-state index contributed by atoms with van der Waals surface area (Å²) < 4.78 is 5.26. The van der Waals surface area contributed by atoms with Crippen molar-refractivity contribution in [2.75, 3.05) is 11.9 Å². The van der Waals surface area contributed by atoms with Crippen molar-refractivity contribution in [3.8, 4) is 5.75 Å². The number of carbonyl (C=O) groups excluding carboxylic acids is 2. The number of ketones is 1. The Morgan fingerprint density at radius 1 is 1.18 bits per heavy atom. The Hall–Kier alpha value is -2.04. The van der Waals surface area contributed by atoms with Crippen molar-refractivity contribution in [3.05, 3.63) is 57.6 Å². The molecule has 0 aliphatic carbocycles. The predicted molar refractivity (Wildman–Crippen MR) is 85.1 cm³/mol. The fraction of sp³-hybridized carbons (Fsp3) is 0.125. The van der Waals surface area contributed by atoms with E-state index in [0.29, 0.717) is 32.6 Å². The van der Waals surface area contributed by atoms with Crippen LogP contribution >= 0.6 is 23.2 Å². The average molecular weight is 336 g/mol. The van der Waals surface area contributed by atoms with Crippen LogP contribution in [0.1, 0.15) is 15.9 Å². The maximum absolute atomic E-state index is 12.4. The SMILES string of the molecule is O=C1COc2ccc(C(=O)Cc3ccc(Cl)cc3Cl)cc2N1. The Kier molecular flexibility index (Phi) is 4.05. The molecule has 4 nitrogen and oxygen atoms in total. The largest absolute Gasteiger partial charge is 0.482 e. The quantitative estimate of drug-likeness (QED) is 0.869. The third kappa shape index (κ3) is 3.08. The summed E-state index contributed by atoms with van der Waals surface area (Å²) in [5.41, 5.74) is 1.69. The molecule has 0 spiro atoms. The first-order valence-electron chi connectivity index (χ1n) is 6.57. The Bertz CT molecular complexity index is 774. The molecule has 1 N–H and O–H groups in total. The van der Waals surface area contributed by atoms with Crippen LogP contribution in [0, 0.1) is 0 Å². The molecule has 1 heterocycles. The van der Waals surface area contributed by atoms with Gasteiger partial charge >= 0.3 is 0 Å². The lowest BCUT2D eigenvalue weighted by molar-refractivity contribution is -0.118. The zero-order valence-electron chi connectivity index (χ0n) is 11.4. The molecule has 3 rings (SSSR count). The van der Waals surface area contributed by atoms with Gasteiger partial charge in [-0.3, -0.25) is 9.59 Å². The minimum atomic E-state index is -0.238. The zero-order valence-corrected chi connectivity index (χ0v) is 12.9. The Morgan fingerprint density at radius 3 is 2.77 bits per heavy atom. The first-order chi connectivity index (χ1) is 10.5.